The molecule has 0 aromatic carbocycles. The van der Waals surface area contributed by atoms with E-state index in [1.165, 1.54) is 6.42 Å². The molecular formula is C12H22N4. The minimum absolute atomic E-state index is 0.363. The third-order valence-corrected chi connectivity index (χ3v) is 3.32. The van der Waals surface area contributed by atoms with Gasteiger partial charge < -0.3 is 10.6 Å². The monoisotopic (exact) mass is 222 g/mol. The molecule has 1 atom stereocenters. The Hall–Kier alpha value is -1.19. The number of nitrogens with two attached hydrogens (primary N) is 1. The summed E-state index contributed by atoms with van der Waals surface area (Å²) >= 11 is 0. The number of nitrogen functional groups attached to an aromatic ring is 1. The summed E-state index contributed by atoms with van der Waals surface area (Å²) in [5.74, 6) is 1.88. The van der Waals surface area contributed by atoms with Crippen LogP contribution in [0, 0.1) is 12.8 Å². The quantitative estimate of drug-likeness (QED) is 0.834. The van der Waals surface area contributed by atoms with Gasteiger partial charge in [0.1, 0.15) is 0 Å². The number of hydrogen-bond acceptors (Lipinski definition) is 3. The molecule has 1 saturated heterocycles. The van der Waals surface area contributed by atoms with E-state index >= 15 is 0 Å². The molecule has 4 nitrogen and oxygen atoms in total. The van der Waals surface area contributed by atoms with Crippen LogP contribution in [0.3, 0.4) is 0 Å². The highest BCUT2D eigenvalue weighted by Gasteiger charge is 2.26. The fourth-order valence-electron chi connectivity index (χ4n) is 2.35. The van der Waals surface area contributed by atoms with E-state index in [-0.39, 0.29) is 0 Å². The first-order valence-electron chi connectivity index (χ1n) is 6.10. The first kappa shape index (κ1) is 11.3. The Balaban J connectivity index is 2.38. The molecule has 4 heteroatoms. The van der Waals surface area contributed by atoms with E-state index in [4.69, 9.17) is 5.73 Å². The summed E-state index contributed by atoms with van der Waals surface area (Å²) in [5.41, 5.74) is 7.94. The number of aryl methyl sites for hydroxylation is 1. The Morgan fingerprint density at radius 2 is 2.12 bits per heavy atom. The molecule has 0 radical (unpaired) electrons. The van der Waals surface area contributed by atoms with Gasteiger partial charge in [-0.05, 0) is 33.1 Å². The zero-order valence-electron chi connectivity index (χ0n) is 10.7. The summed E-state index contributed by atoms with van der Waals surface area (Å²) in [7, 11) is 0. The molecule has 0 aliphatic carbocycles. The van der Waals surface area contributed by atoms with Crippen LogP contribution in [0.2, 0.25) is 0 Å². The molecule has 2 N–H and O–H groups in total. The fraction of sp³-hybridized carbons (Fsp3) is 0.750. The van der Waals surface area contributed by atoms with Crippen LogP contribution in [-0.4, -0.2) is 22.9 Å². The van der Waals surface area contributed by atoms with Gasteiger partial charge in [0.15, 0.2) is 5.82 Å². The van der Waals surface area contributed by atoms with Gasteiger partial charge in [-0.2, -0.15) is 5.10 Å². The van der Waals surface area contributed by atoms with Crippen LogP contribution in [0.1, 0.15) is 38.9 Å². The van der Waals surface area contributed by atoms with Crippen molar-refractivity contribution in [3.63, 3.8) is 0 Å². The zero-order valence-corrected chi connectivity index (χ0v) is 10.7. The molecule has 1 aromatic heterocycles. The summed E-state index contributed by atoms with van der Waals surface area (Å²) in [6.07, 6.45) is 1.25. The summed E-state index contributed by atoms with van der Waals surface area (Å²) in [4.78, 5) is 2.38. The van der Waals surface area contributed by atoms with Gasteiger partial charge in [0.25, 0.3) is 0 Å². The minimum Gasteiger partial charge on any atom is -0.394 e. The van der Waals surface area contributed by atoms with Crippen molar-refractivity contribution in [1.82, 2.24) is 9.78 Å². The third-order valence-electron chi connectivity index (χ3n) is 3.32. The lowest BCUT2D eigenvalue weighted by molar-refractivity contribution is 0.525. The molecule has 1 aliphatic rings. The number of anilines is 2. The number of rotatable bonds is 2. The van der Waals surface area contributed by atoms with Gasteiger partial charge in [0.2, 0.25) is 0 Å². The maximum absolute atomic E-state index is 6.14. The maximum atomic E-state index is 6.14. The molecule has 0 bridgehead atoms. The van der Waals surface area contributed by atoms with Crippen LogP contribution in [0.4, 0.5) is 11.5 Å². The van der Waals surface area contributed by atoms with Crippen LogP contribution < -0.4 is 10.6 Å². The first-order chi connectivity index (χ1) is 7.50. The molecule has 0 saturated carbocycles. The second-order valence-corrected chi connectivity index (χ2v) is 5.20. The van der Waals surface area contributed by atoms with Crippen LogP contribution >= 0.6 is 0 Å². The topological polar surface area (TPSA) is 47.1 Å². The van der Waals surface area contributed by atoms with Crippen molar-refractivity contribution in [2.75, 3.05) is 23.7 Å². The van der Waals surface area contributed by atoms with Crippen LogP contribution in [-0.2, 0) is 0 Å². The highest BCUT2D eigenvalue weighted by molar-refractivity contribution is 5.66. The van der Waals surface area contributed by atoms with Crippen LogP contribution in [0.5, 0.6) is 0 Å². The number of aromatic nitrogens is 2. The van der Waals surface area contributed by atoms with Gasteiger partial charge in [-0.25, -0.2) is 4.68 Å². The van der Waals surface area contributed by atoms with E-state index < -0.39 is 0 Å². The van der Waals surface area contributed by atoms with Gasteiger partial charge in [-0.3, -0.25) is 0 Å². The minimum atomic E-state index is 0.363. The second-order valence-electron chi connectivity index (χ2n) is 5.20. The molecule has 1 fully saturated rings. The molecule has 2 heterocycles. The lowest BCUT2D eigenvalue weighted by Gasteiger charge is -2.22. The van der Waals surface area contributed by atoms with Crippen molar-refractivity contribution in [2.45, 2.75) is 40.2 Å². The Kier molecular flexibility index (Phi) is 2.82. The Labute approximate surface area is 97.4 Å². The van der Waals surface area contributed by atoms with E-state index in [9.17, 15) is 0 Å². The maximum Gasteiger partial charge on any atom is 0.150 e. The van der Waals surface area contributed by atoms with Crippen molar-refractivity contribution < 1.29 is 0 Å². The predicted molar refractivity (Wildman–Crippen MR) is 67.8 cm³/mol. The van der Waals surface area contributed by atoms with E-state index in [0.717, 1.165) is 36.2 Å². The predicted octanol–water partition coefficient (Wildman–Crippen LogP) is 2.20. The van der Waals surface area contributed by atoms with Gasteiger partial charge >= 0.3 is 0 Å². The number of hydrogen-bond donors (Lipinski definition) is 1. The van der Waals surface area contributed by atoms with E-state index in [1.54, 1.807) is 0 Å². The highest BCUT2D eigenvalue weighted by Crippen LogP contribution is 2.32. The van der Waals surface area contributed by atoms with Crippen molar-refractivity contribution >= 4 is 11.5 Å². The first-order valence-corrected chi connectivity index (χ1v) is 6.10. The van der Waals surface area contributed by atoms with Gasteiger partial charge in [0.05, 0.1) is 11.4 Å². The fourth-order valence-corrected chi connectivity index (χ4v) is 2.35. The normalized spacial score (nSPS) is 21.1. The number of nitrogens with zero attached hydrogens (tertiary/aromatic N) is 3. The van der Waals surface area contributed by atoms with Gasteiger partial charge in [0, 0.05) is 19.1 Å². The molecule has 0 amide bonds. The third kappa shape index (κ3) is 1.77. The lowest BCUT2D eigenvalue weighted by Crippen LogP contribution is -2.24. The van der Waals surface area contributed by atoms with E-state index in [0.29, 0.717) is 6.04 Å². The molecule has 1 unspecified atom stereocenters. The summed E-state index contributed by atoms with van der Waals surface area (Å²) < 4.78 is 2.06. The molecule has 1 aliphatic heterocycles. The van der Waals surface area contributed by atoms with Crippen molar-refractivity contribution in [2.24, 2.45) is 5.92 Å². The molecule has 90 valence electrons. The van der Waals surface area contributed by atoms with Crippen LogP contribution in [0.25, 0.3) is 0 Å². The van der Waals surface area contributed by atoms with Crippen molar-refractivity contribution in [3.8, 4) is 0 Å². The SMILES string of the molecule is Cc1nn(C(C)C)c(N2CCC(C)C2)c1N. The Bertz CT molecular complexity index is 381. The zero-order chi connectivity index (χ0) is 11.9. The molecule has 1 aromatic rings. The Morgan fingerprint density at radius 3 is 2.62 bits per heavy atom. The average Bonchev–Trinajstić information content (AvgIpc) is 2.73. The highest BCUT2D eigenvalue weighted by atomic mass is 15.4. The largest absolute Gasteiger partial charge is 0.394 e. The van der Waals surface area contributed by atoms with Crippen LogP contribution in [0.15, 0.2) is 0 Å². The molecule has 2 rings (SSSR count). The van der Waals surface area contributed by atoms with E-state index in [1.807, 2.05) is 6.92 Å². The van der Waals surface area contributed by atoms with Gasteiger partial charge in [-0.15, -0.1) is 0 Å². The summed E-state index contributed by atoms with van der Waals surface area (Å²) in [6, 6.07) is 0.363. The molecular weight excluding hydrogens is 200 g/mol. The van der Waals surface area contributed by atoms with E-state index in [2.05, 4.69) is 35.5 Å². The lowest BCUT2D eigenvalue weighted by atomic mass is 10.2. The standard InChI is InChI=1S/C12H22N4/c1-8(2)16-12(11(13)10(4)14-16)15-6-5-9(3)7-15/h8-9H,5-7,13H2,1-4H3. The average molecular weight is 222 g/mol. The Morgan fingerprint density at radius 1 is 1.44 bits per heavy atom. The molecule has 0 spiro atoms. The van der Waals surface area contributed by atoms with Gasteiger partial charge in [-0.1, -0.05) is 6.92 Å². The second kappa shape index (κ2) is 4.00. The van der Waals surface area contributed by atoms with Crippen molar-refractivity contribution in [1.29, 1.82) is 0 Å². The van der Waals surface area contributed by atoms with Crippen molar-refractivity contribution in [3.05, 3.63) is 5.69 Å². The molecule has 16 heavy (non-hydrogen) atoms. The summed E-state index contributed by atoms with van der Waals surface area (Å²) in [5, 5.41) is 4.53. The summed E-state index contributed by atoms with van der Waals surface area (Å²) in [6.45, 7) is 10.8. The smallest absolute Gasteiger partial charge is 0.150 e.